The first kappa shape index (κ1) is 13.9. The zero-order chi connectivity index (χ0) is 14.7. The van der Waals surface area contributed by atoms with Crippen LogP contribution >= 0.6 is 0 Å². The first-order valence-corrected chi connectivity index (χ1v) is 6.25. The van der Waals surface area contributed by atoms with Gasteiger partial charge in [-0.3, -0.25) is 9.59 Å². The highest BCUT2D eigenvalue weighted by Crippen LogP contribution is 2.10. The van der Waals surface area contributed by atoms with Crippen LogP contribution in [0.25, 0.3) is 0 Å². The minimum atomic E-state index is -0.210. The molecule has 0 saturated carbocycles. The third-order valence-corrected chi connectivity index (χ3v) is 2.91. The predicted octanol–water partition coefficient (Wildman–Crippen LogP) is 1.74. The highest BCUT2D eigenvalue weighted by Gasteiger charge is 2.14. The van der Waals surface area contributed by atoms with Crippen molar-refractivity contribution in [1.29, 1.82) is 0 Å². The largest absolute Gasteiger partial charge is 0.324 e. The van der Waals surface area contributed by atoms with Gasteiger partial charge in [0.1, 0.15) is 6.54 Å². The van der Waals surface area contributed by atoms with Crippen molar-refractivity contribution in [3.63, 3.8) is 0 Å². The van der Waals surface area contributed by atoms with Gasteiger partial charge in [-0.1, -0.05) is 17.3 Å². The summed E-state index contributed by atoms with van der Waals surface area (Å²) < 4.78 is 1.42. The highest BCUT2D eigenvalue weighted by atomic mass is 16.2. The molecule has 2 rings (SSSR count). The Labute approximate surface area is 116 Å². The third-order valence-electron chi connectivity index (χ3n) is 2.91. The number of ketones is 1. The molecule has 0 bridgehead atoms. The molecule has 0 fully saturated rings. The molecule has 6 nitrogen and oxygen atoms in total. The number of nitrogens with one attached hydrogen (secondary N) is 1. The molecule has 0 aliphatic rings. The lowest BCUT2D eigenvalue weighted by atomic mass is 10.2. The maximum atomic E-state index is 11.9. The van der Waals surface area contributed by atoms with E-state index in [0.29, 0.717) is 11.4 Å². The van der Waals surface area contributed by atoms with Crippen LogP contribution in [-0.4, -0.2) is 26.7 Å². The summed E-state index contributed by atoms with van der Waals surface area (Å²) in [4.78, 5) is 23.2. The smallest absolute Gasteiger partial charge is 0.246 e. The van der Waals surface area contributed by atoms with Gasteiger partial charge in [0.05, 0.1) is 5.69 Å². The Morgan fingerprint density at radius 3 is 2.65 bits per heavy atom. The lowest BCUT2D eigenvalue weighted by Gasteiger charge is -2.06. The third kappa shape index (κ3) is 3.09. The molecule has 0 radical (unpaired) electrons. The molecule has 0 atom stereocenters. The van der Waals surface area contributed by atoms with Gasteiger partial charge >= 0.3 is 0 Å². The van der Waals surface area contributed by atoms with Crippen LogP contribution in [0.1, 0.15) is 28.7 Å². The molecule has 6 heteroatoms. The van der Waals surface area contributed by atoms with Gasteiger partial charge in [-0.25, -0.2) is 4.68 Å². The van der Waals surface area contributed by atoms with Crippen molar-refractivity contribution < 1.29 is 9.59 Å². The van der Waals surface area contributed by atoms with Crippen LogP contribution in [0, 0.1) is 13.8 Å². The van der Waals surface area contributed by atoms with E-state index in [0.717, 1.165) is 11.3 Å². The number of hydrogen-bond donors (Lipinski definition) is 1. The summed E-state index contributed by atoms with van der Waals surface area (Å²) >= 11 is 0. The van der Waals surface area contributed by atoms with E-state index in [2.05, 4.69) is 15.6 Å². The fourth-order valence-corrected chi connectivity index (χ4v) is 1.90. The molecule has 2 aromatic rings. The van der Waals surface area contributed by atoms with Crippen molar-refractivity contribution in [1.82, 2.24) is 15.0 Å². The number of carbonyl (C=O) groups is 2. The van der Waals surface area contributed by atoms with E-state index < -0.39 is 0 Å². The second-order valence-corrected chi connectivity index (χ2v) is 4.65. The van der Waals surface area contributed by atoms with Crippen molar-refractivity contribution in [3.05, 3.63) is 41.2 Å². The number of rotatable bonds is 4. The van der Waals surface area contributed by atoms with Gasteiger partial charge in [0.15, 0.2) is 11.5 Å². The monoisotopic (exact) mass is 272 g/mol. The number of amides is 1. The van der Waals surface area contributed by atoms with E-state index >= 15 is 0 Å². The van der Waals surface area contributed by atoms with Crippen LogP contribution in [-0.2, 0) is 11.3 Å². The fraction of sp³-hybridized carbons (Fsp3) is 0.286. The van der Waals surface area contributed by atoms with Crippen LogP contribution < -0.4 is 5.32 Å². The first-order chi connectivity index (χ1) is 9.47. The molecule has 1 aromatic heterocycles. The second-order valence-electron chi connectivity index (χ2n) is 4.65. The van der Waals surface area contributed by atoms with Gasteiger partial charge in [-0.15, -0.1) is 5.10 Å². The van der Waals surface area contributed by atoms with Crippen molar-refractivity contribution in [2.24, 2.45) is 0 Å². The van der Waals surface area contributed by atoms with Crippen molar-refractivity contribution >= 4 is 17.4 Å². The molecule has 20 heavy (non-hydrogen) atoms. The van der Waals surface area contributed by atoms with Crippen LogP contribution in [0.3, 0.4) is 0 Å². The Morgan fingerprint density at radius 1 is 1.30 bits per heavy atom. The van der Waals surface area contributed by atoms with Crippen LogP contribution in [0.2, 0.25) is 0 Å². The molecule has 0 unspecified atom stereocenters. The minimum absolute atomic E-state index is 0.0278. The van der Waals surface area contributed by atoms with E-state index in [1.54, 1.807) is 6.92 Å². The quantitative estimate of drug-likeness (QED) is 0.860. The number of carbonyl (C=O) groups excluding carboxylic acids is 2. The maximum absolute atomic E-state index is 11.9. The Bertz CT molecular complexity index is 661. The molecule has 0 aliphatic heterocycles. The molecule has 104 valence electrons. The highest BCUT2D eigenvalue weighted by molar-refractivity contribution is 5.93. The molecular weight excluding hydrogens is 256 g/mol. The van der Waals surface area contributed by atoms with E-state index in [1.807, 2.05) is 31.2 Å². The molecule has 0 saturated heterocycles. The van der Waals surface area contributed by atoms with Gasteiger partial charge in [-0.2, -0.15) is 0 Å². The molecule has 1 amide bonds. The minimum Gasteiger partial charge on any atom is -0.324 e. The molecular formula is C14H16N4O2. The predicted molar refractivity (Wildman–Crippen MR) is 74.6 cm³/mol. The van der Waals surface area contributed by atoms with Crippen molar-refractivity contribution in [2.45, 2.75) is 27.3 Å². The van der Waals surface area contributed by atoms with Gasteiger partial charge in [0.25, 0.3) is 0 Å². The number of Topliss-reactive ketones (excluding diaryl/α,β-unsaturated/α-hetero) is 1. The number of aromatic nitrogens is 3. The number of benzene rings is 1. The van der Waals surface area contributed by atoms with Crippen LogP contribution in [0.5, 0.6) is 0 Å². The topological polar surface area (TPSA) is 76.9 Å². The number of hydrogen-bond acceptors (Lipinski definition) is 4. The van der Waals surface area contributed by atoms with Gasteiger partial charge in [0.2, 0.25) is 5.91 Å². The second kappa shape index (κ2) is 5.64. The maximum Gasteiger partial charge on any atom is 0.246 e. The summed E-state index contributed by atoms with van der Waals surface area (Å²) in [5, 5.41) is 10.4. The summed E-state index contributed by atoms with van der Waals surface area (Å²) in [6.45, 7) is 5.13. The van der Waals surface area contributed by atoms with Gasteiger partial charge < -0.3 is 5.32 Å². The average Bonchev–Trinajstić information content (AvgIpc) is 2.71. The van der Waals surface area contributed by atoms with E-state index in [-0.39, 0.29) is 18.2 Å². The number of anilines is 1. The average molecular weight is 272 g/mol. The summed E-state index contributed by atoms with van der Waals surface area (Å²) in [6, 6.07) is 7.53. The molecule has 0 spiro atoms. The Kier molecular flexibility index (Phi) is 3.93. The van der Waals surface area contributed by atoms with Crippen molar-refractivity contribution in [2.75, 3.05) is 5.32 Å². The summed E-state index contributed by atoms with van der Waals surface area (Å²) in [5.41, 5.74) is 2.70. The van der Waals surface area contributed by atoms with Gasteiger partial charge in [-0.05, 0) is 31.5 Å². The molecule has 1 N–H and O–H groups in total. The lowest BCUT2D eigenvalue weighted by molar-refractivity contribution is -0.117. The zero-order valence-electron chi connectivity index (χ0n) is 11.7. The molecule has 0 aliphatic carbocycles. The van der Waals surface area contributed by atoms with Gasteiger partial charge in [0, 0.05) is 12.6 Å². The molecule has 1 aromatic carbocycles. The zero-order valence-corrected chi connectivity index (χ0v) is 11.7. The van der Waals surface area contributed by atoms with Crippen LogP contribution in [0.15, 0.2) is 24.3 Å². The standard InChI is InChI=1S/C14H16N4O2/c1-9-5-4-6-12(7-9)15-13(20)8-18-10(2)14(11(3)19)16-17-18/h4-7H,8H2,1-3H3,(H,15,20). The van der Waals surface area contributed by atoms with E-state index in [1.165, 1.54) is 11.6 Å². The normalized spacial score (nSPS) is 10.3. The van der Waals surface area contributed by atoms with E-state index in [4.69, 9.17) is 0 Å². The van der Waals surface area contributed by atoms with Crippen molar-refractivity contribution in [3.8, 4) is 0 Å². The lowest BCUT2D eigenvalue weighted by Crippen LogP contribution is -2.20. The summed E-state index contributed by atoms with van der Waals surface area (Å²) in [5.74, 6) is -0.369. The Hall–Kier alpha value is -2.50. The first-order valence-electron chi connectivity index (χ1n) is 6.25. The Morgan fingerprint density at radius 2 is 2.05 bits per heavy atom. The fourth-order valence-electron chi connectivity index (χ4n) is 1.90. The number of aryl methyl sites for hydroxylation is 1. The SMILES string of the molecule is CC(=O)c1nnn(CC(=O)Nc2cccc(C)c2)c1C. The Balaban J connectivity index is 2.07. The summed E-state index contributed by atoms with van der Waals surface area (Å²) in [6.07, 6.45) is 0. The van der Waals surface area contributed by atoms with Crippen LogP contribution in [0.4, 0.5) is 5.69 Å². The van der Waals surface area contributed by atoms with E-state index in [9.17, 15) is 9.59 Å². The number of nitrogens with zero attached hydrogens (tertiary/aromatic N) is 3. The summed E-state index contributed by atoms with van der Waals surface area (Å²) in [7, 11) is 0. The molecule has 1 heterocycles.